The highest BCUT2D eigenvalue weighted by molar-refractivity contribution is 6.15. The van der Waals surface area contributed by atoms with E-state index < -0.39 is 80.8 Å². The van der Waals surface area contributed by atoms with Crippen LogP contribution in [0.3, 0.4) is 0 Å². The van der Waals surface area contributed by atoms with Crippen LogP contribution < -0.4 is 5.32 Å². The number of phenolic OH excluding ortho intramolecular Hbond substituents is 1. The van der Waals surface area contributed by atoms with Gasteiger partial charge in [0.2, 0.25) is 5.91 Å². The van der Waals surface area contributed by atoms with Crippen molar-refractivity contribution in [3.8, 4) is 11.8 Å². The van der Waals surface area contributed by atoms with Crippen LogP contribution in [0.25, 0.3) is 0 Å². The number of nitriles is 1. The Morgan fingerprint density at radius 2 is 1.92 bits per heavy atom. The number of fused-ring (bicyclic) bond motifs is 3. The van der Waals surface area contributed by atoms with E-state index in [9.17, 15) is 35.0 Å². The number of likely N-dealkylation sites (tertiary alicyclic amines) is 1. The SMILES string of the molecule is CN(C)[C@@H]1C(=O)C(C#N)=C(O)[C@@]2(O)C(F)=C3C(=O)c4c(O)c(NC(=O)CN5CCCC5)cc(F)c4C[C@H]3C[C@@H]12. The largest absolute Gasteiger partial charge is 0.507 e. The van der Waals surface area contributed by atoms with E-state index in [1.807, 2.05) is 4.90 Å². The highest BCUT2D eigenvalue weighted by atomic mass is 19.1. The number of aliphatic hydroxyl groups is 2. The maximum Gasteiger partial charge on any atom is 0.238 e. The summed E-state index contributed by atoms with van der Waals surface area (Å²) in [5.74, 6) is -8.94. The number of ketones is 2. The minimum absolute atomic E-state index is 0.0148. The number of hydrogen-bond acceptors (Lipinski definition) is 9. The molecule has 0 saturated carbocycles. The van der Waals surface area contributed by atoms with E-state index in [0.717, 1.165) is 32.0 Å². The number of anilines is 1. The molecular formula is C27H28F2N4O6. The molecule has 4 N–H and O–H groups in total. The first-order valence-electron chi connectivity index (χ1n) is 12.7. The minimum Gasteiger partial charge on any atom is -0.507 e. The number of halogens is 2. The van der Waals surface area contributed by atoms with Gasteiger partial charge in [0.05, 0.1) is 23.8 Å². The van der Waals surface area contributed by atoms with E-state index in [2.05, 4.69) is 5.32 Å². The number of amides is 1. The molecule has 5 rings (SSSR count). The number of nitrogens with zero attached hydrogens (tertiary/aromatic N) is 3. The van der Waals surface area contributed by atoms with Crippen LogP contribution in [0.1, 0.15) is 35.2 Å². The van der Waals surface area contributed by atoms with Gasteiger partial charge in [-0.25, -0.2) is 8.78 Å². The lowest BCUT2D eigenvalue weighted by Gasteiger charge is -2.49. The summed E-state index contributed by atoms with van der Waals surface area (Å²) in [5.41, 5.74) is -5.31. The van der Waals surface area contributed by atoms with Crippen LogP contribution in [0, 0.1) is 29.0 Å². The number of benzene rings is 1. The molecule has 39 heavy (non-hydrogen) atoms. The number of Topliss-reactive ketones (excluding diaryl/α,β-unsaturated/α-hetero) is 2. The maximum absolute atomic E-state index is 16.2. The Hall–Kier alpha value is -3.66. The number of carbonyl (C=O) groups is 3. The molecule has 1 aromatic carbocycles. The molecule has 12 heteroatoms. The predicted molar refractivity (Wildman–Crippen MR) is 133 cm³/mol. The molecule has 1 amide bonds. The summed E-state index contributed by atoms with van der Waals surface area (Å²) in [6.07, 6.45) is 1.47. The van der Waals surface area contributed by atoms with Crippen molar-refractivity contribution in [2.45, 2.75) is 37.3 Å². The number of rotatable bonds is 4. The molecule has 1 saturated heterocycles. The molecule has 1 heterocycles. The molecule has 10 nitrogen and oxygen atoms in total. The van der Waals surface area contributed by atoms with Crippen molar-refractivity contribution >= 4 is 23.2 Å². The second-order valence-electron chi connectivity index (χ2n) is 10.8. The fraction of sp³-hybridized carbons (Fsp3) is 0.481. The van der Waals surface area contributed by atoms with Gasteiger partial charge in [-0.1, -0.05) is 0 Å². The molecule has 0 spiro atoms. The maximum atomic E-state index is 16.2. The topological polar surface area (TPSA) is 154 Å². The smallest absolute Gasteiger partial charge is 0.238 e. The monoisotopic (exact) mass is 542 g/mol. The Kier molecular flexibility index (Phi) is 6.57. The van der Waals surface area contributed by atoms with Crippen molar-refractivity contribution in [2.24, 2.45) is 11.8 Å². The van der Waals surface area contributed by atoms with Crippen LogP contribution in [0.15, 0.2) is 28.8 Å². The number of aromatic hydroxyl groups is 1. The minimum atomic E-state index is -2.84. The van der Waals surface area contributed by atoms with Gasteiger partial charge in [0, 0.05) is 23.1 Å². The molecular weight excluding hydrogens is 514 g/mol. The summed E-state index contributed by atoms with van der Waals surface area (Å²) >= 11 is 0. The third kappa shape index (κ3) is 3.95. The average Bonchev–Trinajstić information content (AvgIpc) is 3.37. The fourth-order valence-corrected chi connectivity index (χ4v) is 6.52. The van der Waals surface area contributed by atoms with E-state index in [1.54, 1.807) is 0 Å². The predicted octanol–water partition coefficient (Wildman–Crippen LogP) is 1.74. The third-order valence-electron chi connectivity index (χ3n) is 8.33. The number of allylic oxidation sites excluding steroid dienone is 1. The lowest BCUT2D eigenvalue weighted by molar-refractivity contribution is -0.131. The van der Waals surface area contributed by atoms with Gasteiger partial charge in [0.15, 0.2) is 28.7 Å². The van der Waals surface area contributed by atoms with Crippen LogP contribution in [0.2, 0.25) is 0 Å². The molecule has 206 valence electrons. The van der Waals surface area contributed by atoms with Crippen LogP contribution in [-0.4, -0.2) is 88.0 Å². The molecule has 0 unspecified atom stereocenters. The first-order chi connectivity index (χ1) is 18.4. The lowest BCUT2D eigenvalue weighted by Crippen LogP contribution is -2.61. The van der Waals surface area contributed by atoms with Gasteiger partial charge in [0.1, 0.15) is 23.3 Å². The van der Waals surface area contributed by atoms with Crippen LogP contribution in [-0.2, 0) is 16.0 Å². The number of carbonyl (C=O) groups excluding carboxylic acids is 3. The molecule has 1 aliphatic heterocycles. The fourth-order valence-electron chi connectivity index (χ4n) is 6.52. The summed E-state index contributed by atoms with van der Waals surface area (Å²) in [6.45, 7) is 1.47. The van der Waals surface area contributed by atoms with Crippen molar-refractivity contribution in [3.63, 3.8) is 0 Å². The van der Waals surface area contributed by atoms with E-state index in [-0.39, 0.29) is 30.6 Å². The van der Waals surface area contributed by atoms with Gasteiger partial charge in [-0.15, -0.1) is 0 Å². The van der Waals surface area contributed by atoms with Crippen molar-refractivity contribution in [1.82, 2.24) is 9.80 Å². The number of hydrogen-bond donors (Lipinski definition) is 4. The second-order valence-corrected chi connectivity index (χ2v) is 10.8. The molecule has 4 aliphatic rings. The normalized spacial score (nSPS) is 28.8. The highest BCUT2D eigenvalue weighted by Crippen LogP contribution is 2.54. The molecule has 4 atom stereocenters. The van der Waals surface area contributed by atoms with Gasteiger partial charge in [-0.3, -0.25) is 24.2 Å². The van der Waals surface area contributed by atoms with E-state index >= 15 is 8.78 Å². The number of nitrogens with one attached hydrogen (secondary N) is 1. The molecule has 0 aromatic heterocycles. The van der Waals surface area contributed by atoms with Crippen molar-refractivity contribution in [2.75, 3.05) is 39.0 Å². The van der Waals surface area contributed by atoms with Crippen molar-refractivity contribution in [3.05, 3.63) is 45.7 Å². The summed E-state index contributed by atoms with van der Waals surface area (Å²) in [7, 11) is 2.99. The van der Waals surface area contributed by atoms with Crippen LogP contribution in [0.5, 0.6) is 5.75 Å². The average molecular weight is 543 g/mol. The zero-order valence-corrected chi connectivity index (χ0v) is 21.4. The standard InChI is InChI=1S/C27H28F2N4O6/c1-32(2)21-15-8-12-7-13-16(28)9-17(31-18(34)11-33-5-3-4-6-33)23(36)20(13)24(37)19(12)25(29)27(15,39)26(38)14(10-30)22(21)35/h9,12,15,21,36,38-39H,3-8,11H2,1-2H3,(H,31,34)/t12-,15-,21-,27-/m0/s1. The molecule has 0 bridgehead atoms. The van der Waals surface area contributed by atoms with Gasteiger partial charge in [-0.05, 0) is 58.8 Å². The Morgan fingerprint density at radius 3 is 2.54 bits per heavy atom. The van der Waals surface area contributed by atoms with E-state index in [0.29, 0.717) is 0 Å². The Balaban J connectivity index is 1.59. The Morgan fingerprint density at radius 1 is 1.26 bits per heavy atom. The quantitative estimate of drug-likeness (QED) is 0.417. The van der Waals surface area contributed by atoms with E-state index in [4.69, 9.17) is 0 Å². The van der Waals surface area contributed by atoms with Gasteiger partial charge in [-0.2, -0.15) is 5.26 Å². The Bertz CT molecular complexity index is 1410. The number of aliphatic hydroxyl groups excluding tert-OH is 1. The third-order valence-corrected chi connectivity index (χ3v) is 8.33. The van der Waals surface area contributed by atoms with Crippen molar-refractivity contribution < 1.29 is 38.5 Å². The summed E-state index contributed by atoms with van der Waals surface area (Å²) in [6, 6.07) is 1.23. The zero-order chi connectivity index (χ0) is 28.4. The van der Waals surface area contributed by atoms with Gasteiger partial charge >= 0.3 is 0 Å². The second kappa shape index (κ2) is 9.51. The molecule has 3 aliphatic carbocycles. The molecule has 1 fully saturated rings. The van der Waals surface area contributed by atoms with Gasteiger partial charge in [0.25, 0.3) is 0 Å². The first-order valence-corrected chi connectivity index (χ1v) is 12.7. The van der Waals surface area contributed by atoms with Crippen molar-refractivity contribution in [1.29, 1.82) is 5.26 Å². The zero-order valence-electron chi connectivity index (χ0n) is 21.4. The summed E-state index contributed by atoms with van der Waals surface area (Å²) in [4.78, 5) is 42.3. The number of likely N-dealkylation sites (N-methyl/N-ethyl adjacent to an activating group) is 1. The van der Waals surface area contributed by atoms with Crippen LogP contribution >= 0.6 is 0 Å². The van der Waals surface area contributed by atoms with Gasteiger partial charge < -0.3 is 20.6 Å². The molecule has 1 aromatic rings. The summed E-state index contributed by atoms with van der Waals surface area (Å²) in [5, 5.41) is 45.0. The Labute approximate surface area is 222 Å². The van der Waals surface area contributed by atoms with E-state index in [1.165, 1.54) is 25.1 Å². The first kappa shape index (κ1) is 26.9. The lowest BCUT2D eigenvalue weighted by atomic mass is 9.59. The van der Waals surface area contributed by atoms with Crippen LogP contribution in [0.4, 0.5) is 14.5 Å². The highest BCUT2D eigenvalue weighted by Gasteiger charge is 2.62. The summed E-state index contributed by atoms with van der Waals surface area (Å²) < 4.78 is 31.5. The molecule has 0 radical (unpaired) electrons. The number of phenols is 1.